The monoisotopic (exact) mass is 398 g/mol. The minimum absolute atomic E-state index is 0.0440. The van der Waals surface area contributed by atoms with E-state index in [4.69, 9.17) is 0 Å². The Kier molecular flexibility index (Phi) is 6.54. The van der Waals surface area contributed by atoms with Crippen LogP contribution in [0.4, 0.5) is 9.52 Å². The first-order valence-corrected chi connectivity index (χ1v) is 10.2. The lowest BCUT2D eigenvalue weighted by atomic mass is 10.1. The zero-order valence-corrected chi connectivity index (χ0v) is 17.2. The Morgan fingerprint density at radius 1 is 1.18 bits per heavy atom. The van der Waals surface area contributed by atoms with Gasteiger partial charge in [-0.2, -0.15) is 0 Å². The van der Waals surface area contributed by atoms with Gasteiger partial charge in [0, 0.05) is 29.5 Å². The topological polar surface area (TPSA) is 37.6 Å². The second-order valence-electron chi connectivity index (χ2n) is 7.16. The van der Waals surface area contributed by atoms with Gasteiger partial charge in [0.15, 0.2) is 5.13 Å². The van der Waals surface area contributed by atoms with Crippen molar-refractivity contribution in [2.24, 2.45) is 0 Å². The van der Waals surface area contributed by atoms with Gasteiger partial charge in [-0.1, -0.05) is 17.7 Å². The highest BCUT2D eigenvalue weighted by molar-refractivity contribution is 7.14. The Bertz CT molecular complexity index is 937. The third-order valence-electron chi connectivity index (χ3n) is 4.43. The summed E-state index contributed by atoms with van der Waals surface area (Å²) < 4.78 is 13.2. The number of benzene rings is 2. The fourth-order valence-corrected chi connectivity index (χ4v) is 3.81. The van der Waals surface area contributed by atoms with Crippen LogP contribution >= 0.6 is 11.3 Å². The van der Waals surface area contributed by atoms with E-state index < -0.39 is 0 Å². The maximum absolute atomic E-state index is 13.2. The lowest BCUT2D eigenvalue weighted by molar-refractivity contribution is -0.858. The van der Waals surface area contributed by atoms with E-state index in [9.17, 15) is 9.18 Å². The van der Waals surface area contributed by atoms with Crippen molar-refractivity contribution < 1.29 is 14.1 Å². The fourth-order valence-electron chi connectivity index (χ4n) is 2.95. The molecule has 6 heteroatoms. The number of nitrogens with zero attached hydrogens (tertiary/aromatic N) is 2. The fraction of sp³-hybridized carbons (Fsp3) is 0.273. The van der Waals surface area contributed by atoms with Gasteiger partial charge < -0.3 is 4.90 Å². The quantitative estimate of drug-likeness (QED) is 0.662. The van der Waals surface area contributed by atoms with Crippen LogP contribution in [0.5, 0.6) is 0 Å². The molecule has 2 aromatic carbocycles. The van der Waals surface area contributed by atoms with E-state index >= 15 is 0 Å². The van der Waals surface area contributed by atoms with E-state index in [0.29, 0.717) is 17.2 Å². The van der Waals surface area contributed by atoms with Crippen LogP contribution in [0.25, 0.3) is 11.3 Å². The third-order valence-corrected chi connectivity index (χ3v) is 5.30. The molecule has 0 aliphatic carbocycles. The zero-order chi connectivity index (χ0) is 20.1. The zero-order valence-electron chi connectivity index (χ0n) is 16.4. The standard InChI is InChI=1S/C22H24FN3OS/c1-16-6-4-7-18(14-16)21(27)26(13-5-12-25(2)3)22-24-20(15-28-22)17-8-10-19(23)11-9-17/h4,6-11,14-15H,5,12-13H2,1-3H3/p+1. The number of carbonyl (C=O) groups is 1. The summed E-state index contributed by atoms with van der Waals surface area (Å²) in [5.41, 5.74) is 3.30. The summed E-state index contributed by atoms with van der Waals surface area (Å²) in [6.07, 6.45) is 0.880. The summed E-state index contributed by atoms with van der Waals surface area (Å²) in [5.74, 6) is -0.320. The van der Waals surface area contributed by atoms with Crippen molar-refractivity contribution in [3.63, 3.8) is 0 Å². The Morgan fingerprint density at radius 2 is 1.93 bits per heavy atom. The highest BCUT2D eigenvalue weighted by Crippen LogP contribution is 2.29. The van der Waals surface area contributed by atoms with Crippen LogP contribution in [0, 0.1) is 12.7 Å². The van der Waals surface area contributed by atoms with E-state index in [1.54, 1.807) is 17.0 Å². The number of quaternary nitrogens is 1. The lowest BCUT2D eigenvalue weighted by Crippen LogP contribution is -3.05. The summed E-state index contributed by atoms with van der Waals surface area (Å²) in [7, 11) is 4.20. The van der Waals surface area contributed by atoms with Gasteiger partial charge in [-0.25, -0.2) is 9.37 Å². The number of thiazole rings is 1. The van der Waals surface area contributed by atoms with E-state index in [-0.39, 0.29) is 11.7 Å². The summed E-state index contributed by atoms with van der Waals surface area (Å²) in [4.78, 5) is 21.0. The molecule has 0 saturated carbocycles. The molecule has 0 atom stereocenters. The van der Waals surface area contributed by atoms with Crippen LogP contribution in [0.3, 0.4) is 0 Å². The van der Waals surface area contributed by atoms with Crippen molar-refractivity contribution in [3.05, 3.63) is 70.9 Å². The van der Waals surface area contributed by atoms with Crippen molar-refractivity contribution in [1.82, 2.24) is 4.98 Å². The average Bonchev–Trinajstić information content (AvgIpc) is 3.15. The SMILES string of the molecule is Cc1cccc(C(=O)N(CCC[NH+](C)C)c2nc(-c3ccc(F)cc3)cs2)c1. The number of nitrogens with one attached hydrogen (secondary N) is 1. The number of anilines is 1. The average molecular weight is 399 g/mol. The van der Waals surface area contributed by atoms with Gasteiger partial charge in [-0.15, -0.1) is 11.3 Å². The normalized spacial score (nSPS) is 11.0. The number of rotatable bonds is 7. The number of hydrogen-bond acceptors (Lipinski definition) is 3. The van der Waals surface area contributed by atoms with Gasteiger partial charge in [0.2, 0.25) is 0 Å². The molecule has 3 rings (SSSR count). The number of aromatic nitrogens is 1. The molecule has 28 heavy (non-hydrogen) atoms. The van der Waals surface area contributed by atoms with Crippen molar-refractivity contribution in [2.75, 3.05) is 32.1 Å². The summed E-state index contributed by atoms with van der Waals surface area (Å²) in [5, 5.41) is 2.58. The molecular weight excluding hydrogens is 373 g/mol. The summed E-state index contributed by atoms with van der Waals surface area (Å²) in [6.45, 7) is 3.55. The molecule has 0 fully saturated rings. The first-order valence-electron chi connectivity index (χ1n) is 9.33. The molecule has 3 aromatic rings. The molecule has 0 unspecified atom stereocenters. The molecule has 0 spiro atoms. The van der Waals surface area contributed by atoms with Gasteiger partial charge >= 0.3 is 0 Å². The number of halogens is 1. The molecule has 0 aliphatic rings. The highest BCUT2D eigenvalue weighted by atomic mass is 32.1. The first-order chi connectivity index (χ1) is 13.4. The molecule has 4 nitrogen and oxygen atoms in total. The van der Waals surface area contributed by atoms with Gasteiger partial charge in [-0.05, 0) is 43.3 Å². The number of amides is 1. The second kappa shape index (κ2) is 9.08. The molecule has 1 heterocycles. The second-order valence-corrected chi connectivity index (χ2v) is 8.00. The minimum atomic E-state index is -0.276. The molecule has 1 aromatic heterocycles. The molecule has 0 aliphatic heterocycles. The number of hydrogen-bond donors (Lipinski definition) is 1. The molecular formula is C22H25FN3OS+. The van der Waals surface area contributed by atoms with Crippen LogP contribution in [-0.4, -0.2) is 38.1 Å². The van der Waals surface area contributed by atoms with Crippen LogP contribution in [0.1, 0.15) is 22.3 Å². The van der Waals surface area contributed by atoms with Gasteiger partial charge in [0.05, 0.1) is 26.3 Å². The molecule has 146 valence electrons. The van der Waals surface area contributed by atoms with Crippen LogP contribution in [-0.2, 0) is 0 Å². The van der Waals surface area contributed by atoms with E-state index in [1.807, 2.05) is 36.6 Å². The van der Waals surface area contributed by atoms with E-state index in [0.717, 1.165) is 29.8 Å². The largest absolute Gasteiger partial charge is 0.340 e. The highest BCUT2D eigenvalue weighted by Gasteiger charge is 2.21. The maximum Gasteiger partial charge on any atom is 0.260 e. The first kappa shape index (κ1) is 20.2. The third kappa shape index (κ3) is 5.03. The molecule has 0 saturated heterocycles. The van der Waals surface area contributed by atoms with Gasteiger partial charge in [0.1, 0.15) is 5.82 Å². The lowest BCUT2D eigenvalue weighted by Gasteiger charge is -2.20. The summed E-state index contributed by atoms with van der Waals surface area (Å²) in [6, 6.07) is 13.9. The molecule has 1 amide bonds. The Morgan fingerprint density at radius 3 is 2.61 bits per heavy atom. The van der Waals surface area contributed by atoms with Gasteiger partial charge in [-0.3, -0.25) is 9.69 Å². The molecule has 1 N–H and O–H groups in total. The summed E-state index contributed by atoms with van der Waals surface area (Å²) >= 11 is 1.44. The van der Waals surface area contributed by atoms with Crippen molar-refractivity contribution in [3.8, 4) is 11.3 Å². The van der Waals surface area contributed by atoms with E-state index in [1.165, 1.54) is 28.4 Å². The number of carbonyl (C=O) groups excluding carboxylic acids is 1. The van der Waals surface area contributed by atoms with Crippen LogP contribution in [0.2, 0.25) is 0 Å². The Labute approximate surface area is 169 Å². The van der Waals surface area contributed by atoms with E-state index in [2.05, 4.69) is 19.1 Å². The Balaban J connectivity index is 1.88. The maximum atomic E-state index is 13.2. The van der Waals surface area contributed by atoms with Crippen LogP contribution in [0.15, 0.2) is 53.9 Å². The number of aryl methyl sites for hydroxylation is 1. The van der Waals surface area contributed by atoms with Gasteiger partial charge in [0.25, 0.3) is 5.91 Å². The molecule has 0 bridgehead atoms. The van der Waals surface area contributed by atoms with Crippen molar-refractivity contribution in [1.29, 1.82) is 0 Å². The minimum Gasteiger partial charge on any atom is -0.340 e. The predicted molar refractivity (Wildman–Crippen MR) is 113 cm³/mol. The smallest absolute Gasteiger partial charge is 0.260 e. The van der Waals surface area contributed by atoms with Crippen LogP contribution < -0.4 is 9.80 Å². The Hall–Kier alpha value is -2.57. The van der Waals surface area contributed by atoms with Crippen molar-refractivity contribution in [2.45, 2.75) is 13.3 Å². The molecule has 0 radical (unpaired) electrons. The predicted octanol–water partition coefficient (Wildman–Crippen LogP) is 3.44. The van der Waals surface area contributed by atoms with Crippen molar-refractivity contribution >= 4 is 22.4 Å².